The molecule has 0 aliphatic heterocycles. The second kappa shape index (κ2) is 9.28. The van der Waals surface area contributed by atoms with E-state index in [1.807, 2.05) is 20.0 Å². The topological polar surface area (TPSA) is 127 Å². The van der Waals surface area contributed by atoms with Crippen LogP contribution < -0.4 is 20.1 Å². The highest BCUT2D eigenvalue weighted by Crippen LogP contribution is 2.39. The second-order valence-corrected chi connectivity index (χ2v) is 8.62. The number of aromatic nitrogens is 4. The number of nitrogens with zero attached hydrogens (tertiary/aromatic N) is 3. The fourth-order valence-electron chi connectivity index (χ4n) is 4.57. The van der Waals surface area contributed by atoms with Gasteiger partial charge in [-0.1, -0.05) is 5.16 Å². The van der Waals surface area contributed by atoms with Crippen LogP contribution in [-0.4, -0.2) is 46.3 Å². The van der Waals surface area contributed by atoms with E-state index in [1.165, 1.54) is 0 Å². The maximum absolute atomic E-state index is 12.0. The first-order valence-corrected chi connectivity index (χ1v) is 11.6. The molecule has 0 unspecified atom stereocenters. The van der Waals surface area contributed by atoms with E-state index in [4.69, 9.17) is 24.0 Å². The van der Waals surface area contributed by atoms with Crippen LogP contribution in [-0.2, 0) is 0 Å². The summed E-state index contributed by atoms with van der Waals surface area (Å²) in [5.41, 5.74) is 4.34. The molecule has 10 nitrogen and oxygen atoms in total. The molecule has 1 fully saturated rings. The minimum atomic E-state index is -0.196. The molecule has 1 aliphatic rings. The fraction of sp³-hybridized carbons (Fsp3) is 0.360. The van der Waals surface area contributed by atoms with Crippen molar-refractivity contribution in [2.45, 2.75) is 45.6 Å². The number of anilines is 2. The van der Waals surface area contributed by atoms with Gasteiger partial charge in [-0.2, -0.15) is 9.97 Å². The molecule has 4 aromatic rings. The first-order chi connectivity index (χ1) is 17.0. The third-order valence-electron chi connectivity index (χ3n) is 6.32. The third-order valence-corrected chi connectivity index (χ3v) is 6.32. The zero-order valence-electron chi connectivity index (χ0n) is 20.2. The largest absolute Gasteiger partial charge is 0.495 e. The SMILES string of the molecule is CNC(=O)c1ccc(Nc2nc(OC3CCCC3)c3c(-c4c(C)noc4C)c[nH]c3n2)c(OC)c1. The van der Waals surface area contributed by atoms with Gasteiger partial charge >= 0.3 is 0 Å². The summed E-state index contributed by atoms with van der Waals surface area (Å²) < 4.78 is 17.3. The molecule has 10 heteroatoms. The number of amides is 1. The van der Waals surface area contributed by atoms with E-state index in [0.717, 1.165) is 53.7 Å². The highest BCUT2D eigenvalue weighted by molar-refractivity contribution is 5.99. The monoisotopic (exact) mass is 476 g/mol. The van der Waals surface area contributed by atoms with Gasteiger partial charge in [0.15, 0.2) is 0 Å². The number of rotatable bonds is 7. The van der Waals surface area contributed by atoms with Gasteiger partial charge in [-0.25, -0.2) is 0 Å². The minimum Gasteiger partial charge on any atom is -0.495 e. The number of nitrogens with one attached hydrogen (secondary N) is 3. The number of methoxy groups -OCH3 is 1. The number of aromatic amines is 1. The zero-order valence-corrected chi connectivity index (χ0v) is 20.2. The highest BCUT2D eigenvalue weighted by Gasteiger charge is 2.25. The van der Waals surface area contributed by atoms with Crippen LogP contribution in [0.15, 0.2) is 28.9 Å². The Morgan fingerprint density at radius 2 is 2.00 bits per heavy atom. The lowest BCUT2D eigenvalue weighted by Gasteiger charge is -2.16. The van der Waals surface area contributed by atoms with Crippen molar-refractivity contribution in [3.63, 3.8) is 0 Å². The van der Waals surface area contributed by atoms with Crippen molar-refractivity contribution in [2.75, 3.05) is 19.5 Å². The number of H-pyrrole nitrogens is 1. The molecular weight excluding hydrogens is 448 g/mol. The minimum absolute atomic E-state index is 0.106. The second-order valence-electron chi connectivity index (χ2n) is 8.62. The smallest absolute Gasteiger partial charge is 0.251 e. The molecule has 0 saturated heterocycles. The molecule has 1 aromatic carbocycles. The molecule has 1 amide bonds. The van der Waals surface area contributed by atoms with Gasteiger partial charge in [0.2, 0.25) is 11.8 Å². The molecular formula is C25H28N6O4. The molecule has 3 N–H and O–H groups in total. The number of ether oxygens (including phenoxy) is 2. The highest BCUT2D eigenvalue weighted by atomic mass is 16.5. The Kier molecular flexibility index (Phi) is 6.02. The Hall–Kier alpha value is -4.08. The summed E-state index contributed by atoms with van der Waals surface area (Å²) in [6, 6.07) is 5.14. The van der Waals surface area contributed by atoms with Gasteiger partial charge in [0.25, 0.3) is 5.91 Å². The molecule has 0 bridgehead atoms. The zero-order chi connectivity index (χ0) is 24.5. The molecule has 3 heterocycles. The molecule has 1 saturated carbocycles. The molecule has 3 aromatic heterocycles. The maximum Gasteiger partial charge on any atom is 0.251 e. The van der Waals surface area contributed by atoms with E-state index in [9.17, 15) is 4.79 Å². The molecule has 0 radical (unpaired) electrons. The van der Waals surface area contributed by atoms with E-state index in [2.05, 4.69) is 20.8 Å². The fourth-order valence-corrected chi connectivity index (χ4v) is 4.57. The number of carbonyl (C=O) groups is 1. The van der Waals surface area contributed by atoms with Crippen molar-refractivity contribution >= 4 is 28.6 Å². The first-order valence-electron chi connectivity index (χ1n) is 11.6. The molecule has 0 spiro atoms. The third kappa shape index (κ3) is 4.27. The maximum atomic E-state index is 12.0. The van der Waals surface area contributed by atoms with Crippen LogP contribution in [0.2, 0.25) is 0 Å². The summed E-state index contributed by atoms with van der Waals surface area (Å²) >= 11 is 0. The van der Waals surface area contributed by atoms with E-state index in [1.54, 1.807) is 32.4 Å². The Bertz CT molecular complexity index is 1370. The summed E-state index contributed by atoms with van der Waals surface area (Å²) in [5, 5.41) is 10.7. The number of aryl methyl sites for hydroxylation is 2. The standard InChI is InChI=1S/C25H28N6O4/c1-13-20(14(2)35-31-13)17-12-27-22-21(17)24(34-16-7-5-6-8-16)30-25(29-22)28-18-10-9-15(23(32)26-3)11-19(18)33-4/h9-12,16H,5-8H2,1-4H3,(H,26,32)(H2,27,28,29,30). The Labute approximate surface area is 202 Å². The Balaban J connectivity index is 1.58. The van der Waals surface area contributed by atoms with Crippen LogP contribution in [0.3, 0.4) is 0 Å². The lowest BCUT2D eigenvalue weighted by atomic mass is 10.0. The van der Waals surface area contributed by atoms with Crippen molar-refractivity contribution < 1.29 is 18.8 Å². The van der Waals surface area contributed by atoms with Crippen molar-refractivity contribution in [3.05, 3.63) is 41.4 Å². The number of fused-ring (bicyclic) bond motifs is 1. The normalized spacial score (nSPS) is 13.8. The van der Waals surface area contributed by atoms with Crippen LogP contribution in [0.25, 0.3) is 22.2 Å². The number of carbonyl (C=O) groups excluding carboxylic acids is 1. The van der Waals surface area contributed by atoms with Crippen molar-refractivity contribution in [1.82, 2.24) is 25.4 Å². The number of hydrogen-bond donors (Lipinski definition) is 3. The van der Waals surface area contributed by atoms with Crippen molar-refractivity contribution in [3.8, 4) is 22.8 Å². The average molecular weight is 477 g/mol. The van der Waals surface area contributed by atoms with Gasteiger partial charge in [-0.05, 0) is 57.7 Å². The van der Waals surface area contributed by atoms with Gasteiger partial charge in [-0.3, -0.25) is 4.79 Å². The summed E-state index contributed by atoms with van der Waals surface area (Å²) in [5.74, 6) is 1.87. The predicted molar refractivity (Wildman–Crippen MR) is 131 cm³/mol. The lowest BCUT2D eigenvalue weighted by molar-refractivity contribution is 0.0962. The van der Waals surface area contributed by atoms with Crippen LogP contribution >= 0.6 is 0 Å². The first kappa shape index (κ1) is 22.7. The van der Waals surface area contributed by atoms with Crippen LogP contribution in [0.1, 0.15) is 47.5 Å². The van der Waals surface area contributed by atoms with Crippen molar-refractivity contribution in [2.24, 2.45) is 0 Å². The van der Waals surface area contributed by atoms with Crippen molar-refractivity contribution in [1.29, 1.82) is 0 Å². The summed E-state index contributed by atoms with van der Waals surface area (Å²) in [6.45, 7) is 3.80. The van der Waals surface area contributed by atoms with Crippen LogP contribution in [0.4, 0.5) is 11.6 Å². The van der Waals surface area contributed by atoms with Gasteiger partial charge in [-0.15, -0.1) is 0 Å². The number of hydrogen-bond acceptors (Lipinski definition) is 8. The number of benzene rings is 1. The lowest BCUT2D eigenvalue weighted by Crippen LogP contribution is -2.17. The molecule has 5 rings (SSSR count). The van der Waals surface area contributed by atoms with E-state index >= 15 is 0 Å². The molecule has 35 heavy (non-hydrogen) atoms. The van der Waals surface area contributed by atoms with Gasteiger partial charge in [0.1, 0.15) is 23.3 Å². The van der Waals surface area contributed by atoms with Gasteiger partial charge in [0, 0.05) is 29.9 Å². The summed E-state index contributed by atoms with van der Waals surface area (Å²) in [4.78, 5) is 24.7. The summed E-state index contributed by atoms with van der Waals surface area (Å²) in [6.07, 6.45) is 6.26. The van der Waals surface area contributed by atoms with Gasteiger partial charge in [0.05, 0.1) is 23.9 Å². The van der Waals surface area contributed by atoms with Crippen LogP contribution in [0.5, 0.6) is 11.6 Å². The Morgan fingerprint density at radius 3 is 2.69 bits per heavy atom. The van der Waals surface area contributed by atoms with E-state index in [-0.39, 0.29) is 12.0 Å². The van der Waals surface area contributed by atoms with E-state index in [0.29, 0.717) is 34.5 Å². The quantitative estimate of drug-likeness (QED) is 0.351. The molecule has 0 atom stereocenters. The predicted octanol–water partition coefficient (Wildman–Crippen LogP) is 4.66. The summed E-state index contributed by atoms with van der Waals surface area (Å²) in [7, 11) is 3.14. The average Bonchev–Trinajstić information content (AvgIpc) is 3.59. The molecule has 1 aliphatic carbocycles. The van der Waals surface area contributed by atoms with E-state index < -0.39 is 0 Å². The van der Waals surface area contributed by atoms with Gasteiger partial charge < -0.3 is 29.6 Å². The van der Waals surface area contributed by atoms with Crippen LogP contribution in [0, 0.1) is 13.8 Å². The Morgan fingerprint density at radius 1 is 1.20 bits per heavy atom. The molecule has 182 valence electrons.